The molecule has 2 nitrogen and oxygen atoms in total. The van der Waals surface area contributed by atoms with E-state index in [0.717, 1.165) is 11.4 Å². The second kappa shape index (κ2) is 22.6. The molecule has 0 unspecified atom stereocenters. The molecule has 2 N–H and O–H groups in total. The van der Waals surface area contributed by atoms with Crippen molar-refractivity contribution < 1.29 is 44.0 Å². The van der Waals surface area contributed by atoms with Gasteiger partial charge >= 0.3 is 14.5 Å². The first-order valence-corrected chi connectivity index (χ1v) is 22.9. The van der Waals surface area contributed by atoms with Gasteiger partial charge in [-0.15, -0.1) is 0 Å². The van der Waals surface area contributed by atoms with Crippen molar-refractivity contribution in [1.82, 2.24) is 0 Å². The predicted octanol–water partition coefficient (Wildman–Crippen LogP) is 9.75. The maximum Gasteiger partial charge on any atom is 0.673 e. The predicted molar refractivity (Wildman–Crippen MR) is 245 cm³/mol. The molecule has 0 aliphatic carbocycles. The van der Waals surface area contributed by atoms with E-state index in [4.69, 9.17) is 0 Å². The fourth-order valence-corrected chi connectivity index (χ4v) is 14.0. The molecule has 0 saturated heterocycles. The first kappa shape index (κ1) is 46.8. The van der Waals surface area contributed by atoms with Crippen LogP contribution in [0.3, 0.4) is 0 Å². The van der Waals surface area contributed by atoms with Crippen LogP contribution in [0.4, 0.5) is 45.9 Å². The van der Waals surface area contributed by atoms with Gasteiger partial charge in [0.1, 0.15) is 0 Å². The third-order valence-electron chi connectivity index (χ3n) is 9.00. The Bertz CT molecular complexity index is 2210. The molecule has 0 aromatic heterocycles. The summed E-state index contributed by atoms with van der Waals surface area (Å²) < 4.78 is 85.9. The zero-order valence-corrected chi connectivity index (χ0v) is 35.0. The van der Waals surface area contributed by atoms with Crippen LogP contribution in [0.25, 0.3) is 0 Å². The number of rotatable bonds is 8. The van der Waals surface area contributed by atoms with Gasteiger partial charge in [-0.3, -0.25) is 0 Å². The largest absolute Gasteiger partial charge is 0.673 e. The van der Waals surface area contributed by atoms with Crippen LogP contribution in [0.15, 0.2) is 243 Å². The molecule has 316 valence electrons. The van der Waals surface area contributed by atoms with Crippen molar-refractivity contribution in [3.05, 3.63) is 243 Å². The average molecular weight is 882 g/mol. The summed E-state index contributed by atoms with van der Waals surface area (Å²) in [5, 5.41) is 7.92. The Balaban J connectivity index is 0.000000193. The molecule has 0 amide bonds. The van der Waals surface area contributed by atoms with Gasteiger partial charge in [-0.2, -0.15) is 0 Å². The SMILES string of the molecule is F[B-](F)(F)F.F[B-](F)(F)F.c1ccc([NH+]=P(c2ccccc2)(c2ccccc2)c2ccccc2)cc1.c1ccc([NH+]=P(c2ccccc2)(c2ccccc2)c2ccccc2)cc1. The number of para-hydroxylation sites is 2. The summed E-state index contributed by atoms with van der Waals surface area (Å²) in [4.78, 5) is 0. The number of hydrogen-bond acceptors (Lipinski definition) is 0. The Kier molecular flexibility index (Phi) is 17.1. The monoisotopic (exact) mass is 882 g/mol. The molecule has 14 heteroatoms. The number of halogens is 8. The summed E-state index contributed by atoms with van der Waals surface area (Å²) in [6.07, 6.45) is 0. The normalized spacial score (nSPS) is 11.2. The summed E-state index contributed by atoms with van der Waals surface area (Å²) in [7, 11) is -16.1. The van der Waals surface area contributed by atoms with E-state index in [2.05, 4.69) is 252 Å². The van der Waals surface area contributed by atoms with Crippen molar-refractivity contribution >= 4 is 71.8 Å². The lowest BCUT2D eigenvalue weighted by atomic mass is 10.3. The summed E-state index contributed by atoms with van der Waals surface area (Å²) in [5.41, 5.74) is 2.27. The third kappa shape index (κ3) is 13.9. The molecule has 0 saturated carbocycles. The van der Waals surface area contributed by atoms with Gasteiger partial charge in [0.05, 0.1) is 0 Å². The summed E-state index contributed by atoms with van der Waals surface area (Å²) >= 11 is 0. The van der Waals surface area contributed by atoms with Crippen molar-refractivity contribution in [3.8, 4) is 0 Å². The van der Waals surface area contributed by atoms with E-state index in [1.165, 1.54) is 31.8 Å². The standard InChI is InChI=1S/2C24H20NP.2BF4/c2*1-5-13-21(14-6-1)25-26(22-15-7-2-8-16-22,23-17-9-3-10-18-23)24-19-11-4-12-20-24;2*2-1(3,4)5/h2*1-20H;;/q;;2*-1/p+2. The van der Waals surface area contributed by atoms with Crippen molar-refractivity contribution in [3.63, 3.8) is 0 Å². The van der Waals surface area contributed by atoms with Gasteiger partial charge in [0.25, 0.3) is 0 Å². The highest BCUT2D eigenvalue weighted by molar-refractivity contribution is 7.85. The minimum Gasteiger partial charge on any atom is -0.418 e. The molecular weight excluding hydrogens is 840 g/mol. The second-order valence-corrected chi connectivity index (χ2v) is 19.5. The van der Waals surface area contributed by atoms with Gasteiger partial charge in [-0.25, -0.2) is 9.49 Å². The Morgan fingerprint density at radius 2 is 0.355 bits per heavy atom. The minimum absolute atomic E-state index is 1.14. The Labute approximate surface area is 357 Å². The van der Waals surface area contributed by atoms with E-state index in [-0.39, 0.29) is 0 Å². The van der Waals surface area contributed by atoms with Gasteiger partial charge in [-0.05, 0) is 72.8 Å². The summed E-state index contributed by atoms with van der Waals surface area (Å²) in [6.45, 7) is 0. The molecule has 0 heterocycles. The van der Waals surface area contributed by atoms with E-state index in [0.29, 0.717) is 0 Å². The van der Waals surface area contributed by atoms with Gasteiger partial charge in [0, 0.05) is 56.1 Å². The highest BCUT2D eigenvalue weighted by Gasteiger charge is 2.35. The van der Waals surface area contributed by atoms with Crippen LogP contribution < -0.4 is 41.3 Å². The molecule has 8 aromatic carbocycles. The minimum atomic E-state index is -6.00. The van der Waals surface area contributed by atoms with Gasteiger partial charge < -0.3 is 34.5 Å². The topological polar surface area (TPSA) is 27.9 Å². The Hall–Kier alpha value is -6.21. The lowest BCUT2D eigenvalue weighted by molar-refractivity contribution is -0.327. The molecule has 0 bridgehead atoms. The molecule has 0 spiro atoms. The third-order valence-corrected chi connectivity index (χ3v) is 16.6. The summed E-state index contributed by atoms with van der Waals surface area (Å²) in [6, 6.07) is 85.9. The quantitative estimate of drug-likeness (QED) is 0.0866. The summed E-state index contributed by atoms with van der Waals surface area (Å²) in [5.74, 6) is 0. The first-order chi connectivity index (χ1) is 29.8. The van der Waals surface area contributed by atoms with Crippen LogP contribution in [0.2, 0.25) is 0 Å². The van der Waals surface area contributed by atoms with E-state index >= 15 is 0 Å². The van der Waals surface area contributed by atoms with Crippen molar-refractivity contribution in [2.75, 3.05) is 0 Å². The molecule has 0 aliphatic rings. The Morgan fingerprint density at radius 1 is 0.226 bits per heavy atom. The highest BCUT2D eigenvalue weighted by Crippen LogP contribution is 2.40. The molecule has 0 fully saturated rings. The first-order valence-electron chi connectivity index (χ1n) is 19.3. The van der Waals surface area contributed by atoms with Crippen molar-refractivity contribution in [2.24, 2.45) is 0 Å². The van der Waals surface area contributed by atoms with Crippen LogP contribution in [0.5, 0.6) is 0 Å². The van der Waals surface area contributed by atoms with Crippen molar-refractivity contribution in [2.45, 2.75) is 0 Å². The van der Waals surface area contributed by atoms with Crippen LogP contribution in [0, 0.1) is 0 Å². The molecule has 8 rings (SSSR count). The van der Waals surface area contributed by atoms with Crippen LogP contribution in [-0.2, 0) is 0 Å². The van der Waals surface area contributed by atoms with Crippen LogP contribution in [-0.4, -0.2) is 14.5 Å². The zero-order chi connectivity index (χ0) is 44.3. The van der Waals surface area contributed by atoms with Crippen LogP contribution >= 0.6 is 14.1 Å². The average Bonchev–Trinajstić information content (AvgIpc) is 3.29. The lowest BCUT2D eigenvalue weighted by Crippen LogP contribution is -2.65. The maximum absolute atomic E-state index is 9.75. The highest BCUT2D eigenvalue weighted by atomic mass is 31.2. The lowest BCUT2D eigenvalue weighted by Gasteiger charge is -2.21. The van der Waals surface area contributed by atoms with Crippen molar-refractivity contribution in [1.29, 1.82) is 0 Å². The van der Waals surface area contributed by atoms with E-state index in [1.54, 1.807) is 0 Å². The molecule has 0 radical (unpaired) electrons. The van der Waals surface area contributed by atoms with Crippen LogP contribution in [0.1, 0.15) is 0 Å². The molecule has 0 aliphatic heterocycles. The Morgan fingerprint density at radius 3 is 0.500 bits per heavy atom. The van der Waals surface area contributed by atoms with Gasteiger partial charge in [0.15, 0.2) is 25.5 Å². The molecule has 0 atom stereocenters. The van der Waals surface area contributed by atoms with E-state index < -0.39 is 28.6 Å². The number of nitrogens with one attached hydrogen (secondary N) is 2. The fraction of sp³-hybridized carbons (Fsp3) is 0. The van der Waals surface area contributed by atoms with Gasteiger partial charge in [0.2, 0.25) is 0 Å². The smallest absolute Gasteiger partial charge is 0.418 e. The molecule has 8 aromatic rings. The maximum atomic E-state index is 9.75. The zero-order valence-electron chi connectivity index (χ0n) is 33.2. The van der Waals surface area contributed by atoms with E-state index in [9.17, 15) is 34.5 Å². The molecule has 62 heavy (non-hydrogen) atoms. The second-order valence-electron chi connectivity index (χ2n) is 13.3. The number of benzene rings is 8. The molecular formula is C48H42B2F8N2P2. The number of hydrogen-bond donors (Lipinski definition) is 2. The van der Waals surface area contributed by atoms with E-state index in [1.807, 2.05) is 0 Å². The fourth-order valence-electron chi connectivity index (χ4n) is 6.60. The van der Waals surface area contributed by atoms with Gasteiger partial charge in [-0.1, -0.05) is 146 Å².